The maximum absolute atomic E-state index is 11.9. The Kier molecular flexibility index (Phi) is 4.23. The number of esters is 1. The summed E-state index contributed by atoms with van der Waals surface area (Å²) < 4.78 is 39.9. The van der Waals surface area contributed by atoms with E-state index in [9.17, 15) is 18.0 Å². The molecule has 0 N–H and O–H groups in total. The van der Waals surface area contributed by atoms with E-state index in [1.165, 1.54) is 6.92 Å². The molecule has 0 saturated heterocycles. The molecule has 0 saturated carbocycles. The first-order valence-electron chi connectivity index (χ1n) is 4.06. The lowest BCUT2D eigenvalue weighted by atomic mass is 10.1. The molecule has 0 aromatic rings. The van der Waals surface area contributed by atoms with Crippen LogP contribution in [0, 0.1) is 5.92 Å². The number of alkyl halides is 3. The zero-order valence-electron chi connectivity index (χ0n) is 7.81. The van der Waals surface area contributed by atoms with Crippen molar-refractivity contribution in [1.82, 2.24) is 0 Å². The SMILES string of the molecule is CCC(C)C(=O)OC(C)C(F)(F)F. The molecular weight excluding hydrogens is 185 g/mol. The Morgan fingerprint density at radius 3 is 2.15 bits per heavy atom. The quantitative estimate of drug-likeness (QED) is 0.651. The molecule has 5 heteroatoms. The van der Waals surface area contributed by atoms with Crippen molar-refractivity contribution in [2.75, 3.05) is 0 Å². The second kappa shape index (κ2) is 4.48. The van der Waals surface area contributed by atoms with Gasteiger partial charge in [-0.05, 0) is 13.3 Å². The Morgan fingerprint density at radius 1 is 1.38 bits per heavy atom. The molecule has 0 bridgehead atoms. The molecular formula is C8H13F3O2. The monoisotopic (exact) mass is 198 g/mol. The molecule has 0 aliphatic heterocycles. The van der Waals surface area contributed by atoms with Gasteiger partial charge in [-0.25, -0.2) is 0 Å². The van der Waals surface area contributed by atoms with Crippen LogP contribution in [0.4, 0.5) is 13.2 Å². The van der Waals surface area contributed by atoms with E-state index >= 15 is 0 Å². The molecule has 2 atom stereocenters. The van der Waals surface area contributed by atoms with Crippen molar-refractivity contribution in [1.29, 1.82) is 0 Å². The Hall–Kier alpha value is -0.740. The Labute approximate surface area is 75.1 Å². The third kappa shape index (κ3) is 4.15. The van der Waals surface area contributed by atoms with Crippen molar-refractivity contribution < 1.29 is 22.7 Å². The van der Waals surface area contributed by atoms with Crippen LogP contribution in [0.15, 0.2) is 0 Å². The molecule has 2 nitrogen and oxygen atoms in total. The van der Waals surface area contributed by atoms with Crippen LogP contribution in [-0.4, -0.2) is 18.2 Å². The summed E-state index contributed by atoms with van der Waals surface area (Å²) in [5.74, 6) is -1.28. The van der Waals surface area contributed by atoms with Gasteiger partial charge in [0.25, 0.3) is 0 Å². The fourth-order valence-corrected chi connectivity index (χ4v) is 0.524. The van der Waals surface area contributed by atoms with Crippen LogP contribution in [0.1, 0.15) is 27.2 Å². The van der Waals surface area contributed by atoms with Crippen molar-refractivity contribution in [3.05, 3.63) is 0 Å². The van der Waals surface area contributed by atoms with Crippen LogP contribution in [0.5, 0.6) is 0 Å². The second-order valence-corrected chi connectivity index (χ2v) is 2.93. The summed E-state index contributed by atoms with van der Waals surface area (Å²) >= 11 is 0. The van der Waals surface area contributed by atoms with Gasteiger partial charge in [-0.3, -0.25) is 4.79 Å². The topological polar surface area (TPSA) is 26.3 Å². The van der Waals surface area contributed by atoms with Gasteiger partial charge >= 0.3 is 12.1 Å². The van der Waals surface area contributed by atoms with E-state index < -0.39 is 24.2 Å². The maximum atomic E-state index is 11.9. The van der Waals surface area contributed by atoms with E-state index in [-0.39, 0.29) is 0 Å². The summed E-state index contributed by atoms with van der Waals surface area (Å²) in [6.45, 7) is 4.07. The minimum atomic E-state index is -4.47. The molecule has 0 heterocycles. The number of carbonyl (C=O) groups excluding carboxylic acids is 1. The smallest absolute Gasteiger partial charge is 0.425 e. The molecule has 2 unspecified atom stereocenters. The third-order valence-electron chi connectivity index (χ3n) is 1.77. The predicted molar refractivity (Wildman–Crippen MR) is 41.1 cm³/mol. The molecule has 0 fully saturated rings. The lowest BCUT2D eigenvalue weighted by Crippen LogP contribution is -2.32. The van der Waals surface area contributed by atoms with Gasteiger partial charge in [0.2, 0.25) is 0 Å². The molecule has 0 aromatic carbocycles. The van der Waals surface area contributed by atoms with Crippen LogP contribution in [0.25, 0.3) is 0 Å². The molecule has 0 radical (unpaired) electrons. The van der Waals surface area contributed by atoms with Crippen LogP contribution in [0.3, 0.4) is 0 Å². The fraction of sp³-hybridized carbons (Fsp3) is 0.875. The average molecular weight is 198 g/mol. The minimum Gasteiger partial charge on any atom is -0.453 e. The number of carbonyl (C=O) groups is 1. The van der Waals surface area contributed by atoms with E-state index in [2.05, 4.69) is 4.74 Å². The van der Waals surface area contributed by atoms with Gasteiger partial charge in [0, 0.05) is 0 Å². The number of hydrogen-bond acceptors (Lipinski definition) is 2. The van der Waals surface area contributed by atoms with E-state index in [0.717, 1.165) is 6.92 Å². The zero-order valence-corrected chi connectivity index (χ0v) is 7.81. The van der Waals surface area contributed by atoms with Gasteiger partial charge in [-0.1, -0.05) is 13.8 Å². The lowest BCUT2D eigenvalue weighted by Gasteiger charge is -2.18. The highest BCUT2D eigenvalue weighted by Crippen LogP contribution is 2.23. The normalized spacial score (nSPS) is 16.5. The van der Waals surface area contributed by atoms with Crippen molar-refractivity contribution >= 4 is 5.97 Å². The third-order valence-corrected chi connectivity index (χ3v) is 1.77. The predicted octanol–water partition coefficient (Wildman–Crippen LogP) is 2.53. The standard InChI is InChI=1S/C8H13F3O2/c1-4-5(2)7(12)13-6(3)8(9,10)11/h5-6H,4H2,1-3H3. The summed E-state index contributed by atoms with van der Waals surface area (Å²) in [6, 6.07) is 0. The van der Waals surface area contributed by atoms with Crippen molar-refractivity contribution in [2.24, 2.45) is 5.92 Å². The molecule has 0 rings (SSSR count). The van der Waals surface area contributed by atoms with Gasteiger partial charge in [0.15, 0.2) is 6.10 Å². The molecule has 0 spiro atoms. The largest absolute Gasteiger partial charge is 0.453 e. The van der Waals surface area contributed by atoms with Gasteiger partial charge in [0.05, 0.1) is 5.92 Å². The first-order valence-corrected chi connectivity index (χ1v) is 4.06. The molecule has 0 aromatic heterocycles. The van der Waals surface area contributed by atoms with Gasteiger partial charge in [0.1, 0.15) is 0 Å². The van der Waals surface area contributed by atoms with E-state index in [0.29, 0.717) is 6.42 Å². The Balaban J connectivity index is 4.07. The summed E-state index contributed by atoms with van der Waals surface area (Å²) in [7, 11) is 0. The number of ether oxygens (including phenoxy) is 1. The number of rotatable bonds is 3. The van der Waals surface area contributed by atoms with E-state index in [1.54, 1.807) is 6.92 Å². The van der Waals surface area contributed by atoms with Crippen LogP contribution < -0.4 is 0 Å². The molecule has 0 aliphatic carbocycles. The van der Waals surface area contributed by atoms with Crippen LogP contribution >= 0.6 is 0 Å². The van der Waals surface area contributed by atoms with Gasteiger partial charge in [-0.15, -0.1) is 0 Å². The summed E-state index contributed by atoms with van der Waals surface area (Å²) in [5.41, 5.74) is 0. The van der Waals surface area contributed by atoms with E-state index in [1.807, 2.05) is 0 Å². The van der Waals surface area contributed by atoms with Crippen LogP contribution in [0.2, 0.25) is 0 Å². The summed E-state index contributed by atoms with van der Waals surface area (Å²) in [5, 5.41) is 0. The van der Waals surface area contributed by atoms with Crippen LogP contribution in [-0.2, 0) is 9.53 Å². The van der Waals surface area contributed by atoms with E-state index in [4.69, 9.17) is 0 Å². The molecule has 0 amide bonds. The fourth-order valence-electron chi connectivity index (χ4n) is 0.524. The highest BCUT2D eigenvalue weighted by molar-refractivity contribution is 5.72. The maximum Gasteiger partial charge on any atom is 0.425 e. The highest BCUT2D eigenvalue weighted by atomic mass is 19.4. The first-order chi connectivity index (χ1) is 5.79. The molecule has 78 valence electrons. The zero-order chi connectivity index (χ0) is 10.6. The Morgan fingerprint density at radius 2 is 1.85 bits per heavy atom. The Bertz CT molecular complexity index is 177. The van der Waals surface area contributed by atoms with Crippen molar-refractivity contribution in [3.63, 3.8) is 0 Å². The highest BCUT2D eigenvalue weighted by Gasteiger charge is 2.39. The van der Waals surface area contributed by atoms with Crippen molar-refractivity contribution in [2.45, 2.75) is 39.5 Å². The minimum absolute atomic E-state index is 0.476. The summed E-state index contributed by atoms with van der Waals surface area (Å²) in [6.07, 6.45) is -6.01. The van der Waals surface area contributed by atoms with Gasteiger partial charge in [-0.2, -0.15) is 13.2 Å². The number of halogens is 3. The molecule has 0 aliphatic rings. The number of hydrogen-bond donors (Lipinski definition) is 0. The molecule has 13 heavy (non-hydrogen) atoms. The average Bonchev–Trinajstić information content (AvgIpc) is 2.01. The van der Waals surface area contributed by atoms with Crippen molar-refractivity contribution in [3.8, 4) is 0 Å². The summed E-state index contributed by atoms with van der Waals surface area (Å²) in [4.78, 5) is 10.9. The first kappa shape index (κ1) is 12.3. The second-order valence-electron chi connectivity index (χ2n) is 2.93. The lowest BCUT2D eigenvalue weighted by molar-refractivity contribution is -0.218. The van der Waals surface area contributed by atoms with Gasteiger partial charge < -0.3 is 4.74 Å².